The molecule has 2 unspecified atom stereocenters. The SMILES string of the molecule is CN(C)CC(O)CCC(O)CN(C)C. The summed E-state index contributed by atoms with van der Waals surface area (Å²) in [5, 5.41) is 19.1. The first-order valence-corrected chi connectivity index (χ1v) is 5.07. The lowest BCUT2D eigenvalue weighted by molar-refractivity contribution is 0.0831. The Bertz CT molecular complexity index is 124. The zero-order valence-corrected chi connectivity index (χ0v) is 9.77. The maximum atomic E-state index is 9.54. The number of likely N-dealkylation sites (N-methyl/N-ethyl adjacent to an activating group) is 2. The van der Waals surface area contributed by atoms with E-state index < -0.39 is 0 Å². The summed E-state index contributed by atoms with van der Waals surface area (Å²) in [6, 6.07) is 0. The molecule has 0 aliphatic heterocycles. The zero-order valence-electron chi connectivity index (χ0n) is 9.77. The topological polar surface area (TPSA) is 46.9 Å². The maximum Gasteiger partial charge on any atom is 0.0667 e. The molecule has 0 aromatic carbocycles. The van der Waals surface area contributed by atoms with Gasteiger partial charge in [0, 0.05) is 13.1 Å². The third-order valence-electron chi connectivity index (χ3n) is 1.98. The molecule has 0 aliphatic rings. The Morgan fingerprint density at radius 1 is 0.786 bits per heavy atom. The van der Waals surface area contributed by atoms with Crippen molar-refractivity contribution >= 4 is 0 Å². The predicted octanol–water partition coefficient (Wildman–Crippen LogP) is -0.388. The van der Waals surface area contributed by atoms with Crippen LogP contribution in [-0.4, -0.2) is 73.5 Å². The van der Waals surface area contributed by atoms with E-state index >= 15 is 0 Å². The van der Waals surface area contributed by atoms with E-state index in [1.807, 2.05) is 38.0 Å². The molecule has 2 atom stereocenters. The van der Waals surface area contributed by atoms with E-state index in [9.17, 15) is 10.2 Å². The number of nitrogens with zero attached hydrogens (tertiary/aromatic N) is 2. The first-order valence-electron chi connectivity index (χ1n) is 5.07. The van der Waals surface area contributed by atoms with Gasteiger partial charge in [-0.25, -0.2) is 0 Å². The highest BCUT2D eigenvalue weighted by Gasteiger charge is 2.10. The number of hydrogen-bond donors (Lipinski definition) is 2. The Labute approximate surface area is 87.1 Å². The Balaban J connectivity index is 3.50. The van der Waals surface area contributed by atoms with Crippen LogP contribution in [0.1, 0.15) is 12.8 Å². The van der Waals surface area contributed by atoms with Crippen LogP contribution in [-0.2, 0) is 0 Å². The third-order valence-corrected chi connectivity index (χ3v) is 1.98. The quantitative estimate of drug-likeness (QED) is 0.593. The highest BCUT2D eigenvalue weighted by molar-refractivity contribution is 4.65. The van der Waals surface area contributed by atoms with Crippen molar-refractivity contribution < 1.29 is 10.2 Å². The van der Waals surface area contributed by atoms with Gasteiger partial charge in [-0.3, -0.25) is 0 Å². The van der Waals surface area contributed by atoms with Crippen molar-refractivity contribution in [3.05, 3.63) is 0 Å². The molecular weight excluding hydrogens is 180 g/mol. The first-order chi connectivity index (χ1) is 6.41. The van der Waals surface area contributed by atoms with Crippen LogP contribution < -0.4 is 0 Å². The number of aliphatic hydroxyl groups is 2. The average Bonchev–Trinajstić information content (AvgIpc) is 1.98. The van der Waals surface area contributed by atoms with Crippen molar-refractivity contribution in [1.29, 1.82) is 0 Å². The largest absolute Gasteiger partial charge is 0.392 e. The summed E-state index contributed by atoms with van der Waals surface area (Å²) in [5.74, 6) is 0. The molecule has 0 spiro atoms. The van der Waals surface area contributed by atoms with Crippen molar-refractivity contribution in [2.24, 2.45) is 0 Å². The molecule has 0 rings (SSSR count). The van der Waals surface area contributed by atoms with Gasteiger partial charge in [0.1, 0.15) is 0 Å². The van der Waals surface area contributed by atoms with Crippen LogP contribution in [0.15, 0.2) is 0 Å². The van der Waals surface area contributed by atoms with Crippen molar-refractivity contribution in [3.8, 4) is 0 Å². The minimum absolute atomic E-state index is 0.332. The normalized spacial score (nSPS) is 16.3. The second-order valence-electron chi connectivity index (χ2n) is 4.41. The third kappa shape index (κ3) is 8.44. The van der Waals surface area contributed by atoms with Crippen LogP contribution in [0.3, 0.4) is 0 Å². The summed E-state index contributed by atoms with van der Waals surface area (Å²) >= 11 is 0. The van der Waals surface area contributed by atoms with Crippen LogP contribution in [0.2, 0.25) is 0 Å². The summed E-state index contributed by atoms with van der Waals surface area (Å²) in [6.45, 7) is 1.32. The molecule has 0 radical (unpaired) electrons. The first kappa shape index (κ1) is 13.8. The zero-order chi connectivity index (χ0) is 11.1. The van der Waals surface area contributed by atoms with Gasteiger partial charge in [-0.05, 0) is 41.0 Å². The van der Waals surface area contributed by atoms with Crippen LogP contribution in [0.5, 0.6) is 0 Å². The molecular formula is C10H24N2O2. The molecule has 14 heavy (non-hydrogen) atoms. The Morgan fingerprint density at radius 3 is 1.29 bits per heavy atom. The summed E-state index contributed by atoms with van der Waals surface area (Å²) in [4.78, 5) is 3.89. The lowest BCUT2D eigenvalue weighted by Crippen LogP contribution is -2.29. The molecule has 4 nitrogen and oxygen atoms in total. The lowest BCUT2D eigenvalue weighted by atomic mass is 10.1. The van der Waals surface area contributed by atoms with Crippen LogP contribution in [0.4, 0.5) is 0 Å². The van der Waals surface area contributed by atoms with Crippen molar-refractivity contribution in [2.45, 2.75) is 25.0 Å². The molecule has 0 saturated carbocycles. The van der Waals surface area contributed by atoms with E-state index in [1.165, 1.54) is 0 Å². The van der Waals surface area contributed by atoms with E-state index in [-0.39, 0.29) is 12.2 Å². The van der Waals surface area contributed by atoms with Gasteiger partial charge < -0.3 is 20.0 Å². The van der Waals surface area contributed by atoms with E-state index in [2.05, 4.69) is 0 Å². The van der Waals surface area contributed by atoms with Crippen LogP contribution >= 0.6 is 0 Å². The average molecular weight is 204 g/mol. The molecule has 0 saturated heterocycles. The fraction of sp³-hybridized carbons (Fsp3) is 1.00. The van der Waals surface area contributed by atoms with Gasteiger partial charge in [0.05, 0.1) is 12.2 Å². The van der Waals surface area contributed by atoms with Crippen LogP contribution in [0, 0.1) is 0 Å². The van der Waals surface area contributed by atoms with Gasteiger partial charge >= 0.3 is 0 Å². The second kappa shape index (κ2) is 7.17. The molecule has 2 N–H and O–H groups in total. The molecule has 0 amide bonds. The van der Waals surface area contributed by atoms with E-state index in [4.69, 9.17) is 0 Å². The van der Waals surface area contributed by atoms with Gasteiger partial charge in [0.25, 0.3) is 0 Å². The number of aliphatic hydroxyl groups excluding tert-OH is 2. The molecule has 4 heteroatoms. The van der Waals surface area contributed by atoms with Gasteiger partial charge in [-0.2, -0.15) is 0 Å². The maximum absolute atomic E-state index is 9.54. The van der Waals surface area contributed by atoms with E-state index in [0.717, 1.165) is 0 Å². The summed E-state index contributed by atoms with van der Waals surface area (Å²) in [5.41, 5.74) is 0. The Kier molecular flexibility index (Phi) is 7.09. The molecule has 0 aliphatic carbocycles. The Hall–Kier alpha value is -0.160. The van der Waals surface area contributed by atoms with Crippen LogP contribution in [0.25, 0.3) is 0 Å². The van der Waals surface area contributed by atoms with Gasteiger partial charge in [-0.15, -0.1) is 0 Å². The summed E-state index contributed by atoms with van der Waals surface area (Å²) in [7, 11) is 7.72. The molecule has 0 fully saturated rings. The highest BCUT2D eigenvalue weighted by atomic mass is 16.3. The van der Waals surface area contributed by atoms with Crippen molar-refractivity contribution in [2.75, 3.05) is 41.3 Å². The molecule has 0 heterocycles. The van der Waals surface area contributed by atoms with Crippen molar-refractivity contribution in [1.82, 2.24) is 9.80 Å². The lowest BCUT2D eigenvalue weighted by Gasteiger charge is -2.19. The molecule has 0 aromatic rings. The number of rotatable bonds is 7. The molecule has 0 aromatic heterocycles. The smallest absolute Gasteiger partial charge is 0.0667 e. The van der Waals surface area contributed by atoms with Gasteiger partial charge in [-0.1, -0.05) is 0 Å². The molecule has 0 bridgehead atoms. The minimum atomic E-state index is -0.332. The Morgan fingerprint density at radius 2 is 1.07 bits per heavy atom. The van der Waals surface area contributed by atoms with Gasteiger partial charge in [0.15, 0.2) is 0 Å². The standard InChI is InChI=1S/C10H24N2O2/c1-11(2)7-9(13)5-6-10(14)8-12(3)4/h9-10,13-14H,5-8H2,1-4H3. The monoisotopic (exact) mass is 204 g/mol. The molecule has 86 valence electrons. The fourth-order valence-electron chi connectivity index (χ4n) is 1.41. The predicted molar refractivity (Wildman–Crippen MR) is 58.4 cm³/mol. The summed E-state index contributed by atoms with van der Waals surface area (Å²) in [6.07, 6.45) is 0.657. The van der Waals surface area contributed by atoms with Gasteiger partial charge in [0.2, 0.25) is 0 Å². The van der Waals surface area contributed by atoms with Crippen molar-refractivity contribution in [3.63, 3.8) is 0 Å². The number of hydrogen-bond acceptors (Lipinski definition) is 4. The van der Waals surface area contributed by atoms with E-state index in [0.29, 0.717) is 25.9 Å². The highest BCUT2D eigenvalue weighted by Crippen LogP contribution is 2.03. The minimum Gasteiger partial charge on any atom is -0.392 e. The summed E-state index contributed by atoms with van der Waals surface area (Å²) < 4.78 is 0. The van der Waals surface area contributed by atoms with E-state index in [1.54, 1.807) is 0 Å². The fourth-order valence-corrected chi connectivity index (χ4v) is 1.41. The second-order valence-corrected chi connectivity index (χ2v) is 4.41.